The average molecular weight is 521 g/mol. The van der Waals surface area contributed by atoms with Crippen LogP contribution in [0.4, 0.5) is 10.5 Å². The maximum absolute atomic E-state index is 11.6. The largest absolute Gasteiger partial charge is 0.492 e. The number of amides is 2. The van der Waals surface area contributed by atoms with Crippen LogP contribution in [0.5, 0.6) is 5.75 Å². The highest BCUT2D eigenvalue weighted by molar-refractivity contribution is 14.0. The fourth-order valence-corrected chi connectivity index (χ4v) is 2.09. The summed E-state index contributed by atoms with van der Waals surface area (Å²) in [5.41, 5.74) is 0.171. The van der Waals surface area contributed by atoms with Crippen LogP contribution < -0.4 is 26.0 Å². The van der Waals surface area contributed by atoms with Gasteiger partial charge in [-0.15, -0.1) is 24.0 Å². The van der Waals surface area contributed by atoms with Crippen molar-refractivity contribution < 1.29 is 19.1 Å². The lowest BCUT2D eigenvalue weighted by molar-refractivity contribution is -0.114. The number of nitrogens with one attached hydrogen (secondary N) is 4. The van der Waals surface area contributed by atoms with Gasteiger partial charge in [-0.3, -0.25) is 9.79 Å². The van der Waals surface area contributed by atoms with Crippen LogP contribution >= 0.6 is 24.0 Å². The molecule has 0 radical (unpaired) electrons. The van der Waals surface area contributed by atoms with Crippen LogP contribution in [-0.2, 0) is 9.53 Å². The number of carbonyl (C=O) groups excluding carboxylic acids is 2. The van der Waals surface area contributed by atoms with Gasteiger partial charge in [-0.1, -0.05) is 6.07 Å². The predicted octanol–water partition coefficient (Wildman–Crippen LogP) is 2.33. The van der Waals surface area contributed by atoms with Crippen LogP contribution in [0.15, 0.2) is 29.3 Å². The fraction of sp³-hybridized carbons (Fsp3) is 0.526. The van der Waals surface area contributed by atoms with E-state index in [9.17, 15) is 9.59 Å². The first-order chi connectivity index (χ1) is 13.2. The first-order valence-corrected chi connectivity index (χ1v) is 9.11. The Kier molecular flexibility index (Phi) is 12.8. The van der Waals surface area contributed by atoms with Crippen LogP contribution in [-0.4, -0.2) is 56.8 Å². The number of alkyl carbamates (subject to hydrolysis) is 1. The van der Waals surface area contributed by atoms with Crippen LogP contribution in [0, 0.1) is 0 Å². The first-order valence-electron chi connectivity index (χ1n) is 9.11. The lowest BCUT2D eigenvalue weighted by Gasteiger charge is -2.20. The van der Waals surface area contributed by atoms with E-state index in [1.165, 1.54) is 6.92 Å². The number of rotatable bonds is 8. The lowest BCUT2D eigenvalue weighted by atomic mass is 10.2. The van der Waals surface area contributed by atoms with Gasteiger partial charge in [0.1, 0.15) is 18.0 Å². The van der Waals surface area contributed by atoms with Gasteiger partial charge in [0.05, 0.1) is 6.54 Å². The third kappa shape index (κ3) is 13.6. The van der Waals surface area contributed by atoms with E-state index in [4.69, 9.17) is 9.47 Å². The molecule has 0 saturated heterocycles. The van der Waals surface area contributed by atoms with E-state index < -0.39 is 11.7 Å². The first kappa shape index (κ1) is 26.8. The Morgan fingerprint density at radius 1 is 1.07 bits per heavy atom. The normalized spacial score (nSPS) is 11.0. The molecule has 0 bridgehead atoms. The molecule has 1 aromatic rings. The van der Waals surface area contributed by atoms with Crippen molar-refractivity contribution in [1.29, 1.82) is 0 Å². The van der Waals surface area contributed by atoms with Gasteiger partial charge in [-0.25, -0.2) is 4.79 Å². The Hall–Kier alpha value is -2.24. The van der Waals surface area contributed by atoms with Crippen molar-refractivity contribution in [1.82, 2.24) is 16.0 Å². The molecule has 1 aromatic carbocycles. The lowest BCUT2D eigenvalue weighted by Crippen LogP contribution is -2.43. The maximum Gasteiger partial charge on any atom is 0.407 e. The number of nitrogens with zero attached hydrogens (tertiary/aromatic N) is 1. The summed E-state index contributed by atoms with van der Waals surface area (Å²) in [6.07, 6.45) is -0.452. The van der Waals surface area contributed by atoms with E-state index in [0.29, 0.717) is 43.6 Å². The monoisotopic (exact) mass is 521 g/mol. The molecule has 0 aliphatic heterocycles. The van der Waals surface area contributed by atoms with E-state index in [2.05, 4.69) is 26.3 Å². The van der Waals surface area contributed by atoms with Crippen molar-refractivity contribution in [3.63, 3.8) is 0 Å². The van der Waals surface area contributed by atoms with Gasteiger partial charge < -0.3 is 30.7 Å². The van der Waals surface area contributed by atoms with Crippen LogP contribution in [0.25, 0.3) is 0 Å². The van der Waals surface area contributed by atoms with Crippen LogP contribution in [0.3, 0.4) is 0 Å². The number of guanidine groups is 1. The van der Waals surface area contributed by atoms with Crippen molar-refractivity contribution in [2.75, 3.05) is 38.6 Å². The standard InChI is InChI=1S/C19H31N5O4.HI/c1-14(25)24-15-7-6-8-16(13-15)27-12-11-22-17(20-5)21-9-10-23-18(26)28-19(2,3)4;/h6-8,13H,9-12H2,1-5H3,(H,23,26)(H,24,25)(H2,20,21,22);1H. The zero-order valence-electron chi connectivity index (χ0n) is 17.6. The Balaban J connectivity index is 0.00000784. The minimum atomic E-state index is -0.517. The molecule has 9 nitrogen and oxygen atoms in total. The van der Waals surface area contributed by atoms with Gasteiger partial charge in [-0.2, -0.15) is 0 Å². The molecule has 0 aromatic heterocycles. The smallest absolute Gasteiger partial charge is 0.407 e. The summed E-state index contributed by atoms with van der Waals surface area (Å²) in [6, 6.07) is 7.19. The van der Waals surface area contributed by atoms with Crippen molar-refractivity contribution in [3.05, 3.63) is 24.3 Å². The highest BCUT2D eigenvalue weighted by atomic mass is 127. The van der Waals surface area contributed by atoms with Gasteiger partial charge in [0, 0.05) is 38.8 Å². The minimum Gasteiger partial charge on any atom is -0.492 e. The number of ether oxygens (including phenoxy) is 2. The number of aliphatic imine (C=N–C) groups is 1. The van der Waals surface area contributed by atoms with Gasteiger partial charge in [0.15, 0.2) is 5.96 Å². The molecule has 29 heavy (non-hydrogen) atoms. The number of hydrogen-bond donors (Lipinski definition) is 4. The Bertz CT molecular complexity index is 677. The zero-order valence-corrected chi connectivity index (χ0v) is 20.0. The van der Waals surface area contributed by atoms with E-state index >= 15 is 0 Å². The summed E-state index contributed by atoms with van der Waals surface area (Å²) in [6.45, 7) is 8.75. The molecule has 0 spiro atoms. The number of hydrogen-bond acceptors (Lipinski definition) is 5. The second-order valence-electron chi connectivity index (χ2n) is 6.91. The van der Waals surface area contributed by atoms with Crippen molar-refractivity contribution in [2.24, 2.45) is 4.99 Å². The summed E-state index contributed by atoms with van der Waals surface area (Å²) in [4.78, 5) is 26.7. The Labute approximate surface area is 189 Å². The average Bonchev–Trinajstić information content (AvgIpc) is 2.58. The molecule has 4 N–H and O–H groups in total. The molecular formula is C19H32IN5O4. The molecule has 0 unspecified atom stereocenters. The summed E-state index contributed by atoms with van der Waals surface area (Å²) in [7, 11) is 1.66. The highest BCUT2D eigenvalue weighted by Crippen LogP contribution is 2.16. The molecule has 0 aliphatic rings. The molecule has 1 rings (SSSR count). The van der Waals surface area contributed by atoms with Crippen molar-refractivity contribution >= 4 is 47.6 Å². The summed E-state index contributed by atoms with van der Waals surface area (Å²) in [5, 5.41) is 11.6. The number of benzene rings is 1. The molecule has 164 valence electrons. The highest BCUT2D eigenvalue weighted by Gasteiger charge is 2.15. The summed E-state index contributed by atoms with van der Waals surface area (Å²) >= 11 is 0. The second-order valence-corrected chi connectivity index (χ2v) is 6.91. The fourth-order valence-electron chi connectivity index (χ4n) is 2.09. The Morgan fingerprint density at radius 3 is 2.34 bits per heavy atom. The van der Waals surface area contributed by atoms with E-state index in [0.717, 1.165) is 0 Å². The zero-order chi connectivity index (χ0) is 21.0. The Morgan fingerprint density at radius 2 is 1.72 bits per heavy atom. The SMILES string of the molecule is CN=C(NCCNC(=O)OC(C)(C)C)NCCOc1cccc(NC(C)=O)c1.I. The van der Waals surface area contributed by atoms with Crippen LogP contribution in [0.2, 0.25) is 0 Å². The third-order valence-corrected chi connectivity index (χ3v) is 3.13. The van der Waals surface area contributed by atoms with Gasteiger partial charge in [-0.05, 0) is 32.9 Å². The molecular weight excluding hydrogens is 489 g/mol. The molecule has 10 heteroatoms. The molecule has 0 fully saturated rings. The summed E-state index contributed by atoms with van der Waals surface area (Å²) in [5.74, 6) is 1.13. The van der Waals surface area contributed by atoms with E-state index in [-0.39, 0.29) is 29.9 Å². The van der Waals surface area contributed by atoms with Gasteiger partial charge in [0.25, 0.3) is 0 Å². The number of carbonyl (C=O) groups is 2. The number of anilines is 1. The minimum absolute atomic E-state index is 0. The van der Waals surface area contributed by atoms with E-state index in [1.54, 1.807) is 19.2 Å². The maximum atomic E-state index is 11.6. The summed E-state index contributed by atoms with van der Waals surface area (Å²) < 4.78 is 10.8. The molecule has 0 atom stereocenters. The van der Waals surface area contributed by atoms with E-state index in [1.807, 2.05) is 32.9 Å². The predicted molar refractivity (Wildman–Crippen MR) is 125 cm³/mol. The topological polar surface area (TPSA) is 113 Å². The number of halogens is 1. The molecule has 0 heterocycles. The van der Waals surface area contributed by atoms with Gasteiger partial charge in [0.2, 0.25) is 5.91 Å². The molecule has 0 saturated carbocycles. The van der Waals surface area contributed by atoms with Crippen LogP contribution in [0.1, 0.15) is 27.7 Å². The molecule has 0 aliphatic carbocycles. The third-order valence-electron chi connectivity index (χ3n) is 3.13. The quantitative estimate of drug-likeness (QED) is 0.181. The second kappa shape index (κ2) is 13.9. The molecule has 2 amide bonds. The van der Waals surface area contributed by atoms with Gasteiger partial charge >= 0.3 is 6.09 Å². The van der Waals surface area contributed by atoms with Crippen molar-refractivity contribution in [2.45, 2.75) is 33.3 Å². The van der Waals surface area contributed by atoms with Crippen molar-refractivity contribution in [3.8, 4) is 5.75 Å².